The minimum absolute atomic E-state index is 0.240. The Balaban J connectivity index is 2.10. The number of hydrogen-bond acceptors (Lipinski definition) is 3. The third kappa shape index (κ3) is 3.47. The van der Waals surface area contributed by atoms with E-state index in [2.05, 4.69) is 18.2 Å². The molecule has 1 heterocycles. The first-order valence-corrected chi connectivity index (χ1v) is 6.68. The van der Waals surface area contributed by atoms with Gasteiger partial charge in [0.25, 0.3) is 0 Å². The number of fused-ring (bicyclic) bond motifs is 1. The Morgan fingerprint density at radius 3 is 2.74 bits per heavy atom. The molecule has 19 heavy (non-hydrogen) atoms. The van der Waals surface area contributed by atoms with Crippen LogP contribution in [-0.4, -0.2) is 23.1 Å². The largest absolute Gasteiger partial charge is 0.444 e. The summed E-state index contributed by atoms with van der Waals surface area (Å²) in [5, 5.41) is 0. The minimum Gasteiger partial charge on any atom is -0.444 e. The fourth-order valence-corrected chi connectivity index (χ4v) is 2.22. The highest BCUT2D eigenvalue weighted by molar-refractivity contribution is 5.68. The normalized spacial score (nSPS) is 15.1. The van der Waals surface area contributed by atoms with E-state index in [0.717, 1.165) is 12.0 Å². The number of nitrogens with zero attached hydrogens (tertiary/aromatic N) is 1. The SMILES string of the molecule is CC(C)(C)OC(=O)N1CCc2ccc(CN)cc2C1. The molecule has 0 aliphatic carbocycles. The van der Waals surface area contributed by atoms with Crippen LogP contribution in [0.2, 0.25) is 0 Å². The lowest BCUT2D eigenvalue weighted by Crippen LogP contribution is -2.39. The van der Waals surface area contributed by atoms with Crippen LogP contribution in [0.1, 0.15) is 37.5 Å². The standard InChI is InChI=1S/C15H22N2O2/c1-15(2,3)19-14(18)17-7-6-12-5-4-11(9-16)8-13(12)10-17/h4-5,8H,6-7,9-10,16H2,1-3H3. The second kappa shape index (κ2) is 5.21. The van der Waals surface area contributed by atoms with Crippen molar-refractivity contribution in [3.8, 4) is 0 Å². The Labute approximate surface area is 114 Å². The van der Waals surface area contributed by atoms with E-state index >= 15 is 0 Å². The molecule has 0 unspecified atom stereocenters. The molecule has 0 spiro atoms. The number of rotatable bonds is 1. The van der Waals surface area contributed by atoms with Crippen LogP contribution < -0.4 is 5.73 Å². The maximum Gasteiger partial charge on any atom is 0.410 e. The molecule has 0 saturated carbocycles. The van der Waals surface area contributed by atoms with E-state index < -0.39 is 5.60 Å². The van der Waals surface area contributed by atoms with Gasteiger partial charge < -0.3 is 15.4 Å². The highest BCUT2D eigenvalue weighted by Gasteiger charge is 2.25. The van der Waals surface area contributed by atoms with Gasteiger partial charge in [-0.05, 0) is 43.9 Å². The van der Waals surface area contributed by atoms with Crippen molar-refractivity contribution in [3.05, 3.63) is 34.9 Å². The van der Waals surface area contributed by atoms with Crippen molar-refractivity contribution in [3.63, 3.8) is 0 Å². The summed E-state index contributed by atoms with van der Waals surface area (Å²) in [5.41, 5.74) is 8.79. The van der Waals surface area contributed by atoms with Gasteiger partial charge in [-0.2, -0.15) is 0 Å². The number of benzene rings is 1. The predicted molar refractivity (Wildman–Crippen MR) is 74.7 cm³/mol. The molecule has 1 aliphatic heterocycles. The molecule has 104 valence electrons. The van der Waals surface area contributed by atoms with Gasteiger partial charge in [0.05, 0.1) is 0 Å². The predicted octanol–water partition coefficient (Wildman–Crippen LogP) is 2.44. The van der Waals surface area contributed by atoms with Crippen LogP contribution in [0, 0.1) is 0 Å². The smallest absolute Gasteiger partial charge is 0.410 e. The van der Waals surface area contributed by atoms with Gasteiger partial charge in [0, 0.05) is 19.6 Å². The average Bonchev–Trinajstić information content (AvgIpc) is 2.35. The third-order valence-electron chi connectivity index (χ3n) is 3.17. The summed E-state index contributed by atoms with van der Waals surface area (Å²) < 4.78 is 5.41. The quantitative estimate of drug-likeness (QED) is 0.845. The Morgan fingerprint density at radius 2 is 2.11 bits per heavy atom. The highest BCUT2D eigenvalue weighted by Crippen LogP contribution is 2.22. The van der Waals surface area contributed by atoms with Gasteiger partial charge in [0.2, 0.25) is 0 Å². The molecule has 0 atom stereocenters. The molecule has 1 aliphatic rings. The van der Waals surface area contributed by atoms with Crippen molar-refractivity contribution in [1.29, 1.82) is 0 Å². The summed E-state index contributed by atoms with van der Waals surface area (Å²) in [6.45, 7) is 7.50. The zero-order valence-electron chi connectivity index (χ0n) is 11.9. The molecule has 0 radical (unpaired) electrons. The molecule has 4 nitrogen and oxygen atoms in total. The molecule has 0 saturated heterocycles. The number of amides is 1. The van der Waals surface area contributed by atoms with Crippen LogP contribution in [-0.2, 0) is 24.2 Å². The Kier molecular flexibility index (Phi) is 3.80. The lowest BCUT2D eigenvalue weighted by Gasteiger charge is -2.31. The fourth-order valence-electron chi connectivity index (χ4n) is 2.22. The first-order chi connectivity index (χ1) is 8.89. The van der Waals surface area contributed by atoms with Crippen LogP contribution in [0.15, 0.2) is 18.2 Å². The van der Waals surface area contributed by atoms with Crippen molar-refractivity contribution in [2.24, 2.45) is 5.73 Å². The summed E-state index contributed by atoms with van der Waals surface area (Å²) in [6.07, 6.45) is 0.635. The van der Waals surface area contributed by atoms with Gasteiger partial charge in [-0.25, -0.2) is 4.79 Å². The van der Waals surface area contributed by atoms with Crippen LogP contribution in [0.3, 0.4) is 0 Å². The lowest BCUT2D eigenvalue weighted by atomic mass is 9.97. The summed E-state index contributed by atoms with van der Waals surface area (Å²) in [4.78, 5) is 13.8. The molecule has 2 N–H and O–H groups in total. The molecular weight excluding hydrogens is 240 g/mol. The molecule has 2 rings (SSSR count). The molecule has 1 aromatic carbocycles. The van der Waals surface area contributed by atoms with Crippen LogP contribution in [0.4, 0.5) is 4.79 Å². The van der Waals surface area contributed by atoms with Gasteiger partial charge in [-0.3, -0.25) is 0 Å². The molecular formula is C15H22N2O2. The average molecular weight is 262 g/mol. The van der Waals surface area contributed by atoms with Crippen molar-refractivity contribution in [2.75, 3.05) is 6.54 Å². The van der Waals surface area contributed by atoms with E-state index in [9.17, 15) is 4.79 Å². The minimum atomic E-state index is -0.448. The fraction of sp³-hybridized carbons (Fsp3) is 0.533. The first-order valence-electron chi connectivity index (χ1n) is 6.68. The monoisotopic (exact) mass is 262 g/mol. The molecule has 1 aromatic rings. The Hall–Kier alpha value is -1.55. The van der Waals surface area contributed by atoms with Gasteiger partial charge in [-0.1, -0.05) is 18.2 Å². The summed E-state index contributed by atoms with van der Waals surface area (Å²) in [7, 11) is 0. The maximum absolute atomic E-state index is 12.1. The summed E-state index contributed by atoms with van der Waals surface area (Å²) in [6, 6.07) is 6.26. The van der Waals surface area contributed by atoms with Gasteiger partial charge in [0.15, 0.2) is 0 Å². The highest BCUT2D eigenvalue weighted by atomic mass is 16.6. The van der Waals surface area contributed by atoms with Crippen molar-refractivity contribution in [1.82, 2.24) is 4.90 Å². The number of ether oxygens (including phenoxy) is 1. The topological polar surface area (TPSA) is 55.6 Å². The maximum atomic E-state index is 12.1. The van der Waals surface area contributed by atoms with Gasteiger partial charge in [0.1, 0.15) is 5.60 Å². The molecule has 4 heteroatoms. The van der Waals surface area contributed by atoms with E-state index in [1.165, 1.54) is 11.1 Å². The number of hydrogen-bond donors (Lipinski definition) is 1. The number of carbonyl (C=O) groups excluding carboxylic acids is 1. The van der Waals surface area contributed by atoms with Crippen LogP contribution in [0.5, 0.6) is 0 Å². The van der Waals surface area contributed by atoms with Gasteiger partial charge >= 0.3 is 6.09 Å². The second-order valence-electron chi connectivity index (χ2n) is 5.96. The summed E-state index contributed by atoms with van der Waals surface area (Å²) in [5.74, 6) is 0. The number of nitrogens with two attached hydrogens (primary N) is 1. The zero-order valence-corrected chi connectivity index (χ0v) is 11.9. The van der Waals surface area contributed by atoms with E-state index in [1.54, 1.807) is 4.90 Å². The van der Waals surface area contributed by atoms with Crippen molar-refractivity contribution < 1.29 is 9.53 Å². The van der Waals surface area contributed by atoms with Crippen LogP contribution in [0.25, 0.3) is 0 Å². The Bertz CT molecular complexity index is 478. The summed E-state index contributed by atoms with van der Waals surface area (Å²) >= 11 is 0. The number of carbonyl (C=O) groups is 1. The van der Waals surface area contributed by atoms with Gasteiger partial charge in [-0.15, -0.1) is 0 Å². The third-order valence-corrected chi connectivity index (χ3v) is 3.17. The van der Waals surface area contributed by atoms with Crippen LogP contribution >= 0.6 is 0 Å². The van der Waals surface area contributed by atoms with E-state index in [-0.39, 0.29) is 6.09 Å². The Morgan fingerprint density at radius 1 is 1.37 bits per heavy atom. The molecule has 1 amide bonds. The molecule has 0 bridgehead atoms. The second-order valence-corrected chi connectivity index (χ2v) is 5.96. The lowest BCUT2D eigenvalue weighted by molar-refractivity contribution is 0.0224. The van der Waals surface area contributed by atoms with Crippen molar-refractivity contribution >= 4 is 6.09 Å². The molecule has 0 fully saturated rings. The first kappa shape index (κ1) is 13.9. The van der Waals surface area contributed by atoms with E-state index in [0.29, 0.717) is 19.6 Å². The van der Waals surface area contributed by atoms with E-state index in [4.69, 9.17) is 10.5 Å². The van der Waals surface area contributed by atoms with Crippen molar-refractivity contribution in [2.45, 2.75) is 45.9 Å². The zero-order chi connectivity index (χ0) is 14.0. The van der Waals surface area contributed by atoms with E-state index in [1.807, 2.05) is 20.8 Å². The molecule has 0 aromatic heterocycles.